The van der Waals surface area contributed by atoms with Crippen molar-refractivity contribution in [3.05, 3.63) is 54.0 Å². The minimum atomic E-state index is 0.240. The van der Waals surface area contributed by atoms with E-state index < -0.39 is 0 Å². The zero-order chi connectivity index (χ0) is 21.1. The monoisotopic (exact) mass is 421 g/mol. The Morgan fingerprint density at radius 3 is 2.80 bits per heavy atom. The van der Waals surface area contributed by atoms with E-state index in [9.17, 15) is 0 Å². The molecule has 3 heterocycles. The molecule has 1 aliphatic carbocycles. The molecule has 154 valence electrons. The van der Waals surface area contributed by atoms with Gasteiger partial charge in [-0.1, -0.05) is 11.8 Å². The highest BCUT2D eigenvalue weighted by atomic mass is 32.2. The minimum absolute atomic E-state index is 0.240. The number of hydrogen-bond acceptors (Lipinski definition) is 8. The molecular weight excluding hydrogens is 398 g/mol. The van der Waals surface area contributed by atoms with Crippen LogP contribution >= 0.6 is 11.8 Å². The van der Waals surface area contributed by atoms with E-state index in [2.05, 4.69) is 15.0 Å². The smallest absolute Gasteiger partial charge is 0.224 e. The Morgan fingerprint density at radius 1 is 1.20 bits per heavy atom. The molecule has 0 radical (unpaired) electrons. The summed E-state index contributed by atoms with van der Waals surface area (Å²) in [7, 11) is 1.64. The van der Waals surface area contributed by atoms with Crippen LogP contribution in [0.4, 0.5) is 0 Å². The summed E-state index contributed by atoms with van der Waals surface area (Å²) >= 11 is 1.08. The molecule has 0 aliphatic heterocycles. The van der Waals surface area contributed by atoms with E-state index >= 15 is 0 Å². The second-order valence-electron chi connectivity index (χ2n) is 7.23. The van der Waals surface area contributed by atoms with Gasteiger partial charge in [0.1, 0.15) is 10.8 Å². The van der Waals surface area contributed by atoms with Crippen LogP contribution in [-0.4, -0.2) is 38.8 Å². The Balaban J connectivity index is 1.43. The standard InChI is InChI=1S/C22H23N5O2S/c1-13(23)30-21(24)17-11-20-19(4-3-8-25-20)27-22(17)29-9-7-14-10-16(14)18-6-5-15(28-2)12-26-18/h3-6,8,11-12,14,16,23-24H,7,9-10H2,1-2H3/t14-,16-/m0/s1. The number of rotatable bonds is 7. The lowest BCUT2D eigenvalue weighted by Gasteiger charge is -2.12. The number of pyridine rings is 3. The zero-order valence-electron chi connectivity index (χ0n) is 16.9. The Labute approximate surface area is 179 Å². The van der Waals surface area contributed by atoms with Crippen LogP contribution in [0, 0.1) is 16.7 Å². The fourth-order valence-corrected chi connectivity index (χ4v) is 3.99. The van der Waals surface area contributed by atoms with Crippen LogP contribution in [-0.2, 0) is 0 Å². The minimum Gasteiger partial charge on any atom is -0.495 e. The average Bonchev–Trinajstić information content (AvgIpc) is 3.52. The SMILES string of the molecule is COc1ccc([C@H]2C[C@@H]2CCOc2nc3cccnc3cc2C(=N)SC(C)=N)nc1. The zero-order valence-corrected chi connectivity index (χ0v) is 17.7. The van der Waals surface area contributed by atoms with Gasteiger partial charge in [-0.05, 0) is 56.0 Å². The molecule has 3 aromatic heterocycles. The van der Waals surface area contributed by atoms with Crippen LogP contribution in [0.25, 0.3) is 11.0 Å². The number of aromatic nitrogens is 3. The van der Waals surface area contributed by atoms with E-state index in [0.717, 1.165) is 41.6 Å². The molecule has 1 saturated carbocycles. The highest BCUT2D eigenvalue weighted by Crippen LogP contribution is 2.49. The first-order valence-corrected chi connectivity index (χ1v) is 10.6. The largest absolute Gasteiger partial charge is 0.495 e. The van der Waals surface area contributed by atoms with Crippen molar-refractivity contribution in [3.63, 3.8) is 0 Å². The van der Waals surface area contributed by atoms with Gasteiger partial charge in [0.25, 0.3) is 0 Å². The van der Waals surface area contributed by atoms with Crippen LogP contribution in [0.2, 0.25) is 0 Å². The molecule has 7 nitrogen and oxygen atoms in total. The Hall–Kier alpha value is -3.00. The summed E-state index contributed by atoms with van der Waals surface area (Å²) < 4.78 is 11.2. The molecule has 0 spiro atoms. The second-order valence-corrected chi connectivity index (χ2v) is 8.46. The first kappa shape index (κ1) is 20.3. The van der Waals surface area contributed by atoms with Crippen LogP contribution < -0.4 is 9.47 Å². The third-order valence-electron chi connectivity index (χ3n) is 5.07. The number of ether oxygens (including phenoxy) is 2. The summed E-state index contributed by atoms with van der Waals surface area (Å²) in [5, 5.41) is 16.6. The fraction of sp³-hybridized carbons (Fsp3) is 0.318. The number of fused-ring (bicyclic) bond motifs is 1. The van der Waals surface area contributed by atoms with Gasteiger partial charge in [0.2, 0.25) is 5.88 Å². The maximum Gasteiger partial charge on any atom is 0.224 e. The van der Waals surface area contributed by atoms with E-state index in [4.69, 9.17) is 20.3 Å². The van der Waals surface area contributed by atoms with Crippen molar-refractivity contribution in [2.75, 3.05) is 13.7 Å². The molecule has 3 aromatic rings. The number of nitrogens with one attached hydrogen (secondary N) is 2. The Bertz CT molecular complexity index is 1090. The lowest BCUT2D eigenvalue weighted by atomic mass is 10.2. The van der Waals surface area contributed by atoms with Gasteiger partial charge in [-0.15, -0.1) is 0 Å². The summed E-state index contributed by atoms with van der Waals surface area (Å²) in [6, 6.07) is 9.50. The summed E-state index contributed by atoms with van der Waals surface area (Å²) in [6.07, 6.45) is 5.46. The van der Waals surface area contributed by atoms with Gasteiger partial charge in [-0.3, -0.25) is 20.8 Å². The number of methoxy groups -OCH3 is 1. The second kappa shape index (κ2) is 8.79. The Kier molecular flexibility index (Phi) is 5.94. The first-order valence-electron chi connectivity index (χ1n) is 9.75. The lowest BCUT2D eigenvalue weighted by Crippen LogP contribution is -2.07. The summed E-state index contributed by atoms with van der Waals surface area (Å²) in [5.41, 5.74) is 3.10. The highest BCUT2D eigenvalue weighted by Gasteiger charge is 2.39. The van der Waals surface area contributed by atoms with Gasteiger partial charge >= 0.3 is 0 Å². The van der Waals surface area contributed by atoms with Crippen LogP contribution in [0.3, 0.4) is 0 Å². The molecule has 0 unspecified atom stereocenters. The molecular formula is C22H23N5O2S. The van der Waals surface area contributed by atoms with Crippen molar-refractivity contribution in [2.24, 2.45) is 5.92 Å². The topological polar surface area (TPSA) is 105 Å². The summed E-state index contributed by atoms with van der Waals surface area (Å²) in [4.78, 5) is 13.4. The van der Waals surface area contributed by atoms with Gasteiger partial charge in [0, 0.05) is 17.8 Å². The average molecular weight is 422 g/mol. The van der Waals surface area contributed by atoms with Crippen LogP contribution in [0.15, 0.2) is 42.7 Å². The number of nitrogens with zero attached hydrogens (tertiary/aromatic N) is 3. The summed E-state index contributed by atoms with van der Waals surface area (Å²) in [6.45, 7) is 2.18. The third kappa shape index (κ3) is 4.59. The first-order chi connectivity index (χ1) is 14.5. The normalized spacial score (nSPS) is 17.5. The van der Waals surface area contributed by atoms with Crippen LogP contribution in [0.5, 0.6) is 11.6 Å². The predicted octanol–water partition coefficient (Wildman–Crippen LogP) is 4.66. The van der Waals surface area contributed by atoms with Gasteiger partial charge in [0.15, 0.2) is 0 Å². The highest BCUT2D eigenvalue weighted by molar-refractivity contribution is 8.26. The van der Waals surface area contributed by atoms with E-state index in [-0.39, 0.29) is 5.04 Å². The molecule has 1 fully saturated rings. The van der Waals surface area contributed by atoms with Gasteiger partial charge < -0.3 is 9.47 Å². The molecule has 2 atom stereocenters. The van der Waals surface area contributed by atoms with E-state index in [1.54, 1.807) is 26.4 Å². The third-order valence-corrected chi connectivity index (χ3v) is 5.80. The predicted molar refractivity (Wildman–Crippen MR) is 119 cm³/mol. The molecule has 0 saturated heterocycles. The van der Waals surface area contributed by atoms with Gasteiger partial charge in [0.05, 0.1) is 41.6 Å². The van der Waals surface area contributed by atoms with Crippen molar-refractivity contribution in [1.29, 1.82) is 10.8 Å². The molecule has 2 N–H and O–H groups in total. The molecule has 30 heavy (non-hydrogen) atoms. The molecule has 0 aromatic carbocycles. The van der Waals surface area contributed by atoms with Gasteiger partial charge in [-0.2, -0.15) is 0 Å². The number of hydrogen-bond donors (Lipinski definition) is 2. The molecule has 0 amide bonds. The van der Waals surface area contributed by atoms with E-state index in [1.807, 2.05) is 30.3 Å². The summed E-state index contributed by atoms with van der Waals surface area (Å²) in [5.74, 6) is 2.19. The van der Waals surface area contributed by atoms with Gasteiger partial charge in [-0.25, -0.2) is 4.98 Å². The maximum absolute atomic E-state index is 8.34. The quantitative estimate of drug-likeness (QED) is 0.425. The molecule has 8 heteroatoms. The molecule has 4 rings (SSSR count). The molecule has 0 bridgehead atoms. The lowest BCUT2D eigenvalue weighted by molar-refractivity contribution is 0.290. The van der Waals surface area contributed by atoms with Crippen molar-refractivity contribution in [2.45, 2.75) is 25.7 Å². The van der Waals surface area contributed by atoms with Crippen molar-refractivity contribution in [3.8, 4) is 11.6 Å². The van der Waals surface area contributed by atoms with Crippen molar-refractivity contribution in [1.82, 2.24) is 15.0 Å². The maximum atomic E-state index is 8.34. The van der Waals surface area contributed by atoms with Crippen molar-refractivity contribution < 1.29 is 9.47 Å². The van der Waals surface area contributed by atoms with E-state index in [0.29, 0.717) is 40.4 Å². The van der Waals surface area contributed by atoms with E-state index in [1.165, 1.54) is 0 Å². The molecule has 1 aliphatic rings. The number of thioether (sulfide) groups is 1. The fourth-order valence-electron chi connectivity index (χ4n) is 3.43. The Morgan fingerprint density at radius 2 is 2.07 bits per heavy atom. The van der Waals surface area contributed by atoms with Crippen molar-refractivity contribution >= 4 is 32.9 Å². The van der Waals surface area contributed by atoms with Crippen LogP contribution in [0.1, 0.15) is 36.9 Å².